The molecule has 15 aliphatic rings. The highest BCUT2D eigenvalue weighted by molar-refractivity contribution is 6.35. The van der Waals surface area contributed by atoms with Crippen molar-refractivity contribution in [2.75, 3.05) is 80.7 Å². The quantitative estimate of drug-likeness (QED) is 0.00866. The number of fused-ring (bicyclic) bond motifs is 26. The van der Waals surface area contributed by atoms with Gasteiger partial charge in [0.15, 0.2) is 5.78 Å². The largest absolute Gasteiger partial charge is 0.457 e. The first-order chi connectivity index (χ1) is 70.1. The van der Waals surface area contributed by atoms with E-state index in [9.17, 15) is 57.5 Å². The summed E-state index contributed by atoms with van der Waals surface area (Å²) in [5, 5.41) is 2.93. The Morgan fingerprint density at radius 2 is 0.641 bits per heavy atom. The van der Waals surface area contributed by atoms with Gasteiger partial charge in [0.05, 0.1) is 110 Å². The maximum absolute atomic E-state index is 15.8. The van der Waals surface area contributed by atoms with Crippen LogP contribution in [0, 0.1) is 118 Å². The van der Waals surface area contributed by atoms with Crippen LogP contribution in [0.15, 0.2) is 182 Å². The fourth-order valence-electron chi connectivity index (χ4n) is 26.5. The number of anilines is 8. The van der Waals surface area contributed by atoms with Crippen LogP contribution in [0.3, 0.4) is 0 Å². The molecule has 0 spiro atoms. The number of carbonyl (C=O) groups excluding carboxylic acids is 20. The number of amides is 16. The number of esters is 3. The average Bonchev–Trinajstić information content (AvgIpc) is 1.56. The summed E-state index contributed by atoms with van der Waals surface area (Å²) in [7, 11) is 2.95. The molecule has 8 saturated heterocycles. The van der Waals surface area contributed by atoms with Gasteiger partial charge in [-0.2, -0.15) is 0 Å². The van der Waals surface area contributed by atoms with Crippen molar-refractivity contribution in [3.8, 4) is 17.2 Å². The number of imide groups is 8. The van der Waals surface area contributed by atoms with Crippen LogP contribution in [0.2, 0.25) is 0 Å². The van der Waals surface area contributed by atoms with E-state index < -0.39 is 279 Å². The average molecular weight is 1960 g/mol. The number of aromatic nitrogens is 1. The SMILES string of the molecule is CCCCCCOC1CCC(c2ccc(OCOC(=O)c3cc(NC)cc(N4C(=O)C5C(C4=O)C4C(=O)N(c6cc(C(=O)OCOc7ccncc7)cc(N7C(=O)C8CC(C7=O)C7C9CC(C(=O)N(c%10cc(C(=O)OCOc%11ccc(C(=O)c%12ccccc%12)cc%11)cc(N%11C(=O)C%12C%13C(=O)N(c%14ccc(N%15C(=O)C%16CC(C%15=O)C%15C%17CC(C(=O)N(C)C%17=O)C%16%15)cc%14)C(=O)C%13C%12C%11=O)c%10)C9=O)C87)c6)C(=O)C54)c3)cc2)CC1. The molecule has 15 fully saturated rings. The van der Waals surface area contributed by atoms with Crippen LogP contribution < -0.4 is 53.8 Å². The highest BCUT2D eigenvalue weighted by Crippen LogP contribution is 2.66. The Bertz CT molecular complexity index is 6820. The first-order valence-corrected chi connectivity index (χ1v) is 49.0. The molecule has 9 heterocycles. The molecule has 37 heteroatoms. The maximum Gasteiger partial charge on any atom is 0.341 e. The van der Waals surface area contributed by atoms with Gasteiger partial charge < -0.3 is 38.5 Å². The summed E-state index contributed by atoms with van der Waals surface area (Å²) in [4.78, 5) is 305. The summed E-state index contributed by atoms with van der Waals surface area (Å²) < 4.78 is 40.2. The normalized spacial score (nSPS) is 29.5. The van der Waals surface area contributed by atoms with Crippen molar-refractivity contribution < 1.29 is 129 Å². The molecule has 23 rings (SSSR count). The smallest absolute Gasteiger partial charge is 0.341 e. The molecule has 145 heavy (non-hydrogen) atoms. The second-order valence-corrected chi connectivity index (χ2v) is 40.1. The number of nitrogens with one attached hydrogen (secondary N) is 1. The van der Waals surface area contributed by atoms with E-state index in [4.69, 9.17) is 33.2 Å². The van der Waals surface area contributed by atoms with Crippen molar-refractivity contribution >= 4 is 164 Å². The molecule has 20 atom stereocenters. The third-order valence-corrected chi connectivity index (χ3v) is 33.1. The summed E-state index contributed by atoms with van der Waals surface area (Å²) >= 11 is 0. The van der Waals surface area contributed by atoms with Crippen LogP contribution in [0.4, 0.5) is 45.5 Å². The Hall–Kier alpha value is -16.0. The predicted molar refractivity (Wildman–Crippen MR) is 504 cm³/mol. The molecule has 7 aliphatic carbocycles. The number of hydrogen-bond acceptors (Lipinski definition) is 29. The van der Waals surface area contributed by atoms with Crippen LogP contribution in [-0.4, -0.2) is 175 Å². The third-order valence-electron chi connectivity index (χ3n) is 33.1. The van der Waals surface area contributed by atoms with E-state index in [2.05, 4.69) is 17.2 Å². The molecular formula is C108H94N10O27. The number of ketones is 1. The Labute approximate surface area is 826 Å². The zero-order chi connectivity index (χ0) is 101. The standard InChI is InChI=1S/C108H94N10O27/c1-4-5-6-10-33-139-65-23-13-50(14-24-65)51-15-25-66(26-16-51)140-47-143-106(136)54-34-57(109-2)40-60(35-54)116-100(130)85-86(101(116)131)88-87(85)104(134)118(105(88)135)64-39-56(108(138)145-49-142-68-29-31-110-32-30-68)37-62(42-64)115-96(126)75-46-76(97(115)127)80-74-45-73(79(75)80)94(124)114(95(74)125)61-36-55(107(137)144-48-141-67-27-17-53(18-28-67)89(119)52-11-8-7-9-12-52)38-63(41-61)117-102(132)83-81-82(84(83)103(117)133)99(129)113(98(81)128)59-21-19-58(20-22-59)112-92(122)71-44-72(93(112)123)78-70-43-69(77(71)78)90(120)111(3)91(70)121/h7-9,11-12,15-22,25-32,34-42,50,65,69-88,109H,4-6,10,13-14,23-24,33,43-49H2,1-3H3. The zero-order valence-corrected chi connectivity index (χ0v) is 78.4. The van der Waals surface area contributed by atoms with E-state index in [-0.39, 0.29) is 83.1 Å². The van der Waals surface area contributed by atoms with Gasteiger partial charge in [-0.05, 0) is 220 Å². The molecule has 738 valence electrons. The van der Waals surface area contributed by atoms with E-state index in [0.29, 0.717) is 32.6 Å². The van der Waals surface area contributed by atoms with Crippen LogP contribution >= 0.6 is 0 Å². The van der Waals surface area contributed by atoms with Crippen molar-refractivity contribution in [2.24, 2.45) is 118 Å². The minimum atomic E-state index is -1.48. The topological polar surface area (TPSA) is 457 Å². The highest BCUT2D eigenvalue weighted by Gasteiger charge is 2.77. The zero-order valence-electron chi connectivity index (χ0n) is 78.4. The molecule has 8 aliphatic heterocycles. The first kappa shape index (κ1) is 92.7. The lowest BCUT2D eigenvalue weighted by Gasteiger charge is -2.37. The van der Waals surface area contributed by atoms with Crippen LogP contribution in [0.1, 0.15) is 142 Å². The van der Waals surface area contributed by atoms with Crippen LogP contribution in [-0.2, 0) is 95.7 Å². The number of pyridine rings is 1. The van der Waals surface area contributed by atoms with E-state index >= 15 is 38.4 Å². The molecule has 1 aromatic heterocycles. The number of unbranched alkanes of at least 4 members (excludes halogenated alkanes) is 3. The van der Waals surface area contributed by atoms with Crippen molar-refractivity contribution in [3.05, 3.63) is 216 Å². The lowest BCUT2D eigenvalue weighted by Crippen LogP contribution is -2.52. The number of benzene rings is 7. The third kappa shape index (κ3) is 14.8. The number of hydrogen-bond donors (Lipinski definition) is 1. The van der Waals surface area contributed by atoms with E-state index in [1.807, 2.05) is 12.1 Å². The molecule has 20 unspecified atom stereocenters. The lowest BCUT2D eigenvalue weighted by atomic mass is 9.59. The van der Waals surface area contributed by atoms with Gasteiger partial charge in [0, 0.05) is 97.3 Å². The minimum Gasteiger partial charge on any atom is -0.457 e. The van der Waals surface area contributed by atoms with E-state index in [0.717, 1.165) is 110 Å². The molecule has 37 nitrogen and oxygen atoms in total. The highest BCUT2D eigenvalue weighted by atomic mass is 16.7. The predicted octanol–water partition coefficient (Wildman–Crippen LogP) is 9.73. The van der Waals surface area contributed by atoms with Gasteiger partial charge >= 0.3 is 17.9 Å². The molecule has 0 radical (unpaired) electrons. The summed E-state index contributed by atoms with van der Waals surface area (Å²) in [5.41, 5.74) is -0.402. The first-order valence-electron chi connectivity index (χ1n) is 49.0. The van der Waals surface area contributed by atoms with Crippen molar-refractivity contribution in [2.45, 2.75) is 96.0 Å². The molecular weight excluding hydrogens is 1870 g/mol. The van der Waals surface area contributed by atoms with Gasteiger partial charge in [0.2, 0.25) is 115 Å². The Morgan fingerprint density at radius 3 is 1.01 bits per heavy atom. The Morgan fingerprint density at radius 1 is 0.324 bits per heavy atom. The van der Waals surface area contributed by atoms with Crippen molar-refractivity contribution in [1.82, 2.24) is 9.88 Å². The van der Waals surface area contributed by atoms with Gasteiger partial charge in [-0.25, -0.2) is 38.9 Å². The number of carbonyl (C=O) groups is 20. The molecule has 16 amide bonds. The Kier molecular flexibility index (Phi) is 22.9. The second-order valence-electron chi connectivity index (χ2n) is 40.1. The summed E-state index contributed by atoms with van der Waals surface area (Å²) in [6.45, 7) is 0.934. The Balaban J connectivity index is 0.491. The van der Waals surface area contributed by atoms with Gasteiger partial charge in [0.1, 0.15) is 17.2 Å². The van der Waals surface area contributed by atoms with E-state index in [1.165, 1.54) is 118 Å². The van der Waals surface area contributed by atoms with Gasteiger partial charge in [-0.1, -0.05) is 68.7 Å². The summed E-state index contributed by atoms with van der Waals surface area (Å²) in [5.74, 6) is -37.8. The fraction of sp³-hybridized carbons (Fsp3) is 0.380. The van der Waals surface area contributed by atoms with Crippen LogP contribution in [0.25, 0.3) is 0 Å². The summed E-state index contributed by atoms with van der Waals surface area (Å²) in [6.07, 6.45) is 11.7. The number of rotatable bonds is 29. The fourth-order valence-corrected chi connectivity index (χ4v) is 26.5. The number of ether oxygens (including phenoxy) is 7. The van der Waals surface area contributed by atoms with Gasteiger partial charge in [-0.3, -0.25) is 101 Å². The number of nitrogens with zero attached hydrogens (tertiary/aromatic N) is 9. The monoisotopic (exact) mass is 1960 g/mol. The maximum atomic E-state index is 15.8. The molecule has 8 aromatic rings. The van der Waals surface area contributed by atoms with Crippen molar-refractivity contribution in [3.63, 3.8) is 0 Å². The van der Waals surface area contributed by atoms with Crippen molar-refractivity contribution in [1.29, 1.82) is 0 Å². The second kappa shape index (κ2) is 35.9. The number of likely N-dealkylation sites (tertiary alicyclic amines) is 1. The van der Waals surface area contributed by atoms with Gasteiger partial charge in [0.25, 0.3) is 0 Å². The molecule has 8 bridgehead atoms. The number of piperidine rings is 4. The van der Waals surface area contributed by atoms with Crippen LogP contribution in [0.5, 0.6) is 17.2 Å². The van der Waals surface area contributed by atoms with E-state index in [1.54, 1.807) is 49.5 Å². The minimum absolute atomic E-state index is 0.0221. The summed E-state index contributed by atoms with van der Waals surface area (Å²) in [6, 6.07) is 41.0. The lowest BCUT2D eigenvalue weighted by molar-refractivity contribution is -0.153. The molecule has 7 aromatic carbocycles. The van der Waals surface area contributed by atoms with Gasteiger partial charge in [-0.15, -0.1) is 0 Å². The molecule has 7 saturated carbocycles. The molecule has 1 N–H and O–H groups in total.